The summed E-state index contributed by atoms with van der Waals surface area (Å²) in [6, 6.07) is 7.22. The van der Waals surface area contributed by atoms with Gasteiger partial charge >= 0.3 is 0 Å². The molecule has 3 rings (SSSR count). The van der Waals surface area contributed by atoms with Crippen LogP contribution >= 0.6 is 11.8 Å². The molecule has 13 heteroatoms. The molecule has 168 valence electrons. The Bertz CT molecular complexity index is 1170. The molecule has 1 N–H and O–H groups in total. The van der Waals surface area contributed by atoms with E-state index in [-0.39, 0.29) is 42.3 Å². The number of ether oxygens (including phenoxy) is 1. The highest BCUT2D eigenvalue weighted by molar-refractivity contribution is 8.14. The maximum atomic E-state index is 13.1. The Balaban J connectivity index is 1.99. The van der Waals surface area contributed by atoms with Crippen LogP contribution in [0.5, 0.6) is 0 Å². The van der Waals surface area contributed by atoms with Crippen molar-refractivity contribution in [2.75, 3.05) is 37.9 Å². The first-order valence-corrected chi connectivity index (χ1v) is 13.4. The molecule has 31 heavy (non-hydrogen) atoms. The number of hydrogen-bond acceptors (Lipinski definition) is 8. The number of benzene rings is 1. The van der Waals surface area contributed by atoms with Gasteiger partial charge in [0.2, 0.25) is 16.0 Å². The number of sulfonamides is 2. The van der Waals surface area contributed by atoms with Gasteiger partial charge in [0.15, 0.2) is 5.17 Å². The molecule has 2 aromatic rings. The van der Waals surface area contributed by atoms with Crippen LogP contribution in [0.25, 0.3) is 0 Å². The Morgan fingerprint density at radius 3 is 2.23 bits per heavy atom. The van der Waals surface area contributed by atoms with Crippen molar-refractivity contribution in [3.63, 3.8) is 0 Å². The molecule has 1 aromatic carbocycles. The molecule has 0 bridgehead atoms. The first-order chi connectivity index (χ1) is 14.6. The van der Waals surface area contributed by atoms with Gasteiger partial charge in [-0.1, -0.05) is 23.9 Å². The minimum Gasteiger partial charge on any atom is -0.379 e. The molecule has 10 nitrogen and oxygen atoms in total. The quantitative estimate of drug-likeness (QED) is 0.496. The largest absolute Gasteiger partial charge is 0.379 e. The summed E-state index contributed by atoms with van der Waals surface area (Å²) >= 11 is 1.04. The first kappa shape index (κ1) is 23.6. The van der Waals surface area contributed by atoms with E-state index in [9.17, 15) is 16.8 Å². The lowest BCUT2D eigenvalue weighted by Crippen LogP contribution is -2.41. The number of aryl methyl sites for hydroxylation is 2. The highest BCUT2D eigenvalue weighted by Gasteiger charge is 2.32. The SMILES string of the molecule is CSC(=NS(=O)(=O)c1ccccc1S(=O)(=O)N1CCOCC1)Nc1nc(C)cc(C)n1. The van der Waals surface area contributed by atoms with Gasteiger partial charge in [-0.2, -0.15) is 12.7 Å². The van der Waals surface area contributed by atoms with Crippen LogP contribution in [0.1, 0.15) is 11.4 Å². The molecule has 2 heterocycles. The van der Waals surface area contributed by atoms with Gasteiger partial charge in [0.25, 0.3) is 10.0 Å². The van der Waals surface area contributed by atoms with Crippen LogP contribution < -0.4 is 5.32 Å². The molecule has 0 spiro atoms. The monoisotopic (exact) mass is 485 g/mol. The Hall–Kier alpha value is -2.06. The summed E-state index contributed by atoms with van der Waals surface area (Å²) in [7, 11) is -8.39. The normalized spacial score (nSPS) is 16.3. The Kier molecular flexibility index (Phi) is 7.31. The Morgan fingerprint density at radius 2 is 1.65 bits per heavy atom. The number of anilines is 1. The number of aromatic nitrogens is 2. The van der Waals surface area contributed by atoms with Crippen molar-refractivity contribution in [1.29, 1.82) is 0 Å². The second-order valence-electron chi connectivity index (χ2n) is 6.64. The molecule has 1 saturated heterocycles. The van der Waals surface area contributed by atoms with Gasteiger partial charge in [0.05, 0.1) is 13.2 Å². The van der Waals surface area contributed by atoms with E-state index in [2.05, 4.69) is 19.7 Å². The lowest BCUT2D eigenvalue weighted by molar-refractivity contribution is 0.0729. The molecule has 1 aliphatic heterocycles. The number of hydrogen-bond donors (Lipinski definition) is 1. The van der Waals surface area contributed by atoms with Crippen LogP contribution in [0.4, 0.5) is 5.95 Å². The lowest BCUT2D eigenvalue weighted by Gasteiger charge is -2.26. The van der Waals surface area contributed by atoms with Gasteiger partial charge in [-0.3, -0.25) is 0 Å². The molecule has 0 radical (unpaired) electrons. The maximum absolute atomic E-state index is 13.1. The smallest absolute Gasteiger partial charge is 0.286 e. The fourth-order valence-electron chi connectivity index (χ4n) is 2.95. The molecular weight excluding hydrogens is 462 g/mol. The van der Waals surface area contributed by atoms with Gasteiger partial charge in [-0.05, 0) is 38.3 Å². The van der Waals surface area contributed by atoms with Crippen LogP contribution in [-0.2, 0) is 24.8 Å². The summed E-state index contributed by atoms with van der Waals surface area (Å²) in [5.41, 5.74) is 1.42. The fraction of sp³-hybridized carbons (Fsp3) is 0.389. The number of nitrogens with zero attached hydrogens (tertiary/aromatic N) is 4. The molecule has 0 saturated carbocycles. The van der Waals surface area contributed by atoms with Crippen molar-refractivity contribution in [1.82, 2.24) is 14.3 Å². The molecular formula is C18H23N5O5S3. The molecule has 1 aromatic heterocycles. The van der Waals surface area contributed by atoms with Gasteiger partial charge in [0, 0.05) is 24.5 Å². The van der Waals surface area contributed by atoms with Crippen LogP contribution in [0.3, 0.4) is 0 Å². The molecule has 1 aliphatic rings. The first-order valence-electron chi connectivity index (χ1n) is 9.28. The summed E-state index contributed by atoms with van der Waals surface area (Å²) in [5.74, 6) is 0.204. The Labute approximate surface area is 186 Å². The number of nitrogens with one attached hydrogen (secondary N) is 1. The van der Waals surface area contributed by atoms with Gasteiger partial charge in [-0.15, -0.1) is 4.40 Å². The standard InChI is InChI=1S/C18H23N5O5S3/c1-13-12-14(2)20-17(19-13)21-18(29-3)22-30(24,25)15-6-4-5-7-16(15)31(26,27)23-8-10-28-11-9-23/h4-7,12H,8-11H2,1-3H3,(H,19,20,21,22). The highest BCUT2D eigenvalue weighted by atomic mass is 32.2. The fourth-order valence-corrected chi connectivity index (χ4v) is 6.78. The van der Waals surface area contributed by atoms with Crippen LogP contribution in [0.2, 0.25) is 0 Å². The van der Waals surface area contributed by atoms with Crippen molar-refractivity contribution < 1.29 is 21.6 Å². The summed E-state index contributed by atoms with van der Waals surface area (Å²) in [6.45, 7) is 4.40. The van der Waals surface area contributed by atoms with E-state index in [1.165, 1.54) is 28.6 Å². The molecule has 0 unspecified atom stereocenters. The van der Waals surface area contributed by atoms with E-state index in [4.69, 9.17) is 4.74 Å². The molecule has 0 aliphatic carbocycles. The number of amidine groups is 1. The highest BCUT2D eigenvalue weighted by Crippen LogP contribution is 2.27. The zero-order chi connectivity index (χ0) is 22.6. The minimum atomic E-state index is -4.35. The average Bonchev–Trinajstić information content (AvgIpc) is 2.73. The second-order valence-corrected chi connectivity index (χ2v) is 10.9. The van der Waals surface area contributed by atoms with Gasteiger partial charge in [-0.25, -0.2) is 18.4 Å². The van der Waals surface area contributed by atoms with Gasteiger partial charge in [0.1, 0.15) is 9.79 Å². The van der Waals surface area contributed by atoms with E-state index in [0.29, 0.717) is 11.4 Å². The molecule has 0 amide bonds. The van der Waals surface area contributed by atoms with Crippen molar-refractivity contribution in [3.05, 3.63) is 41.7 Å². The minimum absolute atomic E-state index is 0.0172. The predicted octanol–water partition coefficient (Wildman–Crippen LogP) is 1.63. The van der Waals surface area contributed by atoms with Crippen molar-refractivity contribution in [2.45, 2.75) is 23.6 Å². The molecule has 1 fully saturated rings. The number of morpholine rings is 1. The van der Waals surface area contributed by atoms with E-state index < -0.39 is 24.9 Å². The second kappa shape index (κ2) is 9.61. The van der Waals surface area contributed by atoms with E-state index in [1.54, 1.807) is 26.2 Å². The van der Waals surface area contributed by atoms with Crippen molar-refractivity contribution in [2.24, 2.45) is 4.40 Å². The van der Waals surface area contributed by atoms with E-state index in [0.717, 1.165) is 11.8 Å². The Morgan fingerprint density at radius 1 is 1.06 bits per heavy atom. The third-order valence-electron chi connectivity index (χ3n) is 4.31. The zero-order valence-corrected chi connectivity index (χ0v) is 19.7. The zero-order valence-electron chi connectivity index (χ0n) is 17.3. The summed E-state index contributed by atoms with van der Waals surface area (Å²) in [6.07, 6.45) is 1.64. The topological polar surface area (TPSA) is 131 Å². The van der Waals surface area contributed by atoms with E-state index in [1.807, 2.05) is 0 Å². The predicted molar refractivity (Wildman–Crippen MR) is 119 cm³/mol. The summed E-state index contributed by atoms with van der Waals surface area (Å²) in [5, 5.41) is 2.81. The number of thioether (sulfide) groups is 1. The van der Waals surface area contributed by atoms with E-state index >= 15 is 0 Å². The van der Waals surface area contributed by atoms with Crippen LogP contribution in [-0.4, -0.2) is 68.8 Å². The van der Waals surface area contributed by atoms with Crippen LogP contribution in [0.15, 0.2) is 44.5 Å². The average molecular weight is 486 g/mol. The summed E-state index contributed by atoms with van der Waals surface area (Å²) in [4.78, 5) is 7.73. The third-order valence-corrected chi connectivity index (χ3v) is 8.43. The maximum Gasteiger partial charge on any atom is 0.286 e. The van der Waals surface area contributed by atoms with Gasteiger partial charge < -0.3 is 10.1 Å². The van der Waals surface area contributed by atoms with Crippen molar-refractivity contribution in [3.8, 4) is 0 Å². The lowest BCUT2D eigenvalue weighted by atomic mass is 10.4. The number of rotatable bonds is 5. The molecule has 0 atom stereocenters. The van der Waals surface area contributed by atoms with Crippen LogP contribution in [0, 0.1) is 13.8 Å². The third kappa shape index (κ3) is 5.60. The van der Waals surface area contributed by atoms with Crippen molar-refractivity contribution >= 4 is 42.9 Å². The summed E-state index contributed by atoms with van der Waals surface area (Å²) < 4.78 is 62.6.